The van der Waals surface area contributed by atoms with Crippen molar-refractivity contribution in [1.82, 2.24) is 10.2 Å². The van der Waals surface area contributed by atoms with Crippen molar-refractivity contribution in [2.24, 2.45) is 5.92 Å². The number of H-pyrrole nitrogens is 1. The monoisotopic (exact) mass is 203 g/mol. The van der Waals surface area contributed by atoms with Gasteiger partial charge in [0.2, 0.25) is 0 Å². The second kappa shape index (κ2) is 4.34. The number of para-hydroxylation sites is 1. The Balaban J connectivity index is 2.10. The van der Waals surface area contributed by atoms with Gasteiger partial charge in [-0.2, -0.15) is 5.10 Å². The van der Waals surface area contributed by atoms with Crippen LogP contribution < -0.4 is 5.32 Å². The SMILES string of the molecule is CC(C)CCNc1cccc2cn[nH]c12. The summed E-state index contributed by atoms with van der Waals surface area (Å²) in [4.78, 5) is 0. The maximum Gasteiger partial charge on any atom is 0.0881 e. The molecule has 2 aromatic rings. The smallest absolute Gasteiger partial charge is 0.0881 e. The molecule has 2 N–H and O–H groups in total. The molecular weight excluding hydrogens is 186 g/mol. The first kappa shape index (κ1) is 10.0. The molecule has 1 aromatic heterocycles. The molecule has 0 aliphatic heterocycles. The Labute approximate surface area is 89.9 Å². The lowest BCUT2D eigenvalue weighted by Gasteiger charge is -2.08. The number of rotatable bonds is 4. The number of hydrogen-bond acceptors (Lipinski definition) is 2. The molecule has 0 spiro atoms. The van der Waals surface area contributed by atoms with Crippen molar-refractivity contribution in [2.45, 2.75) is 20.3 Å². The van der Waals surface area contributed by atoms with Gasteiger partial charge in [0.25, 0.3) is 0 Å². The summed E-state index contributed by atoms with van der Waals surface area (Å²) in [5, 5.41) is 11.6. The minimum atomic E-state index is 0.735. The summed E-state index contributed by atoms with van der Waals surface area (Å²) in [5.74, 6) is 0.735. The molecule has 0 radical (unpaired) electrons. The summed E-state index contributed by atoms with van der Waals surface area (Å²) in [6.07, 6.45) is 3.04. The number of benzene rings is 1. The van der Waals surface area contributed by atoms with Crippen LogP contribution in [0.1, 0.15) is 20.3 Å². The van der Waals surface area contributed by atoms with Gasteiger partial charge >= 0.3 is 0 Å². The van der Waals surface area contributed by atoms with Crippen LogP contribution in [0.5, 0.6) is 0 Å². The molecule has 0 bridgehead atoms. The molecule has 3 nitrogen and oxygen atoms in total. The molecule has 2 rings (SSSR count). The van der Waals surface area contributed by atoms with E-state index in [1.165, 1.54) is 6.42 Å². The normalized spacial score (nSPS) is 11.1. The fourth-order valence-electron chi connectivity index (χ4n) is 1.61. The summed E-state index contributed by atoms with van der Waals surface area (Å²) in [7, 11) is 0. The van der Waals surface area contributed by atoms with Gasteiger partial charge in [0.15, 0.2) is 0 Å². The number of hydrogen-bond donors (Lipinski definition) is 2. The van der Waals surface area contributed by atoms with Crippen molar-refractivity contribution in [1.29, 1.82) is 0 Å². The zero-order valence-corrected chi connectivity index (χ0v) is 9.25. The first-order chi connectivity index (χ1) is 7.27. The zero-order valence-electron chi connectivity index (χ0n) is 9.25. The van der Waals surface area contributed by atoms with Crippen LogP contribution in [-0.4, -0.2) is 16.7 Å². The Morgan fingerprint density at radius 1 is 1.40 bits per heavy atom. The third-order valence-corrected chi connectivity index (χ3v) is 2.51. The maximum atomic E-state index is 4.04. The largest absolute Gasteiger partial charge is 0.383 e. The Morgan fingerprint density at radius 2 is 2.27 bits per heavy atom. The van der Waals surface area contributed by atoms with Crippen LogP contribution in [0.3, 0.4) is 0 Å². The Hall–Kier alpha value is -1.51. The van der Waals surface area contributed by atoms with Gasteiger partial charge in [0.1, 0.15) is 0 Å². The summed E-state index contributed by atoms with van der Waals surface area (Å²) < 4.78 is 0. The van der Waals surface area contributed by atoms with E-state index in [-0.39, 0.29) is 0 Å². The number of anilines is 1. The van der Waals surface area contributed by atoms with Crippen LogP contribution in [0, 0.1) is 5.92 Å². The second-order valence-corrected chi connectivity index (χ2v) is 4.25. The Bertz CT molecular complexity index is 431. The van der Waals surface area contributed by atoms with Crippen molar-refractivity contribution < 1.29 is 0 Å². The number of nitrogens with one attached hydrogen (secondary N) is 2. The van der Waals surface area contributed by atoms with E-state index in [1.807, 2.05) is 6.20 Å². The predicted octanol–water partition coefficient (Wildman–Crippen LogP) is 3.02. The summed E-state index contributed by atoms with van der Waals surface area (Å²) in [5.41, 5.74) is 2.24. The summed E-state index contributed by atoms with van der Waals surface area (Å²) in [6.45, 7) is 5.48. The van der Waals surface area contributed by atoms with E-state index in [4.69, 9.17) is 0 Å². The fourth-order valence-corrected chi connectivity index (χ4v) is 1.61. The molecule has 1 aromatic carbocycles. The Morgan fingerprint density at radius 3 is 3.07 bits per heavy atom. The van der Waals surface area contributed by atoms with E-state index in [1.54, 1.807) is 0 Å². The first-order valence-corrected chi connectivity index (χ1v) is 5.43. The van der Waals surface area contributed by atoms with E-state index in [9.17, 15) is 0 Å². The quantitative estimate of drug-likeness (QED) is 0.802. The zero-order chi connectivity index (χ0) is 10.7. The molecule has 80 valence electrons. The topological polar surface area (TPSA) is 40.7 Å². The molecular formula is C12H17N3. The fraction of sp³-hybridized carbons (Fsp3) is 0.417. The van der Waals surface area contributed by atoms with Crippen molar-refractivity contribution >= 4 is 16.6 Å². The van der Waals surface area contributed by atoms with Crippen molar-refractivity contribution in [2.75, 3.05) is 11.9 Å². The number of aromatic nitrogens is 2. The number of fused-ring (bicyclic) bond motifs is 1. The van der Waals surface area contributed by atoms with E-state index in [0.717, 1.165) is 29.1 Å². The molecule has 0 atom stereocenters. The molecule has 0 aliphatic rings. The lowest BCUT2D eigenvalue weighted by atomic mass is 10.1. The summed E-state index contributed by atoms with van der Waals surface area (Å²) in [6, 6.07) is 6.20. The van der Waals surface area contributed by atoms with Crippen molar-refractivity contribution in [3.63, 3.8) is 0 Å². The highest BCUT2D eigenvalue weighted by Crippen LogP contribution is 2.20. The van der Waals surface area contributed by atoms with Gasteiger partial charge < -0.3 is 5.32 Å². The van der Waals surface area contributed by atoms with Gasteiger partial charge in [-0.05, 0) is 18.4 Å². The molecule has 0 saturated carbocycles. The third kappa shape index (κ3) is 2.29. The Kier molecular flexibility index (Phi) is 2.90. The highest BCUT2D eigenvalue weighted by atomic mass is 15.1. The molecule has 15 heavy (non-hydrogen) atoms. The first-order valence-electron chi connectivity index (χ1n) is 5.43. The van der Waals surface area contributed by atoms with Gasteiger partial charge in [-0.3, -0.25) is 5.10 Å². The van der Waals surface area contributed by atoms with E-state index in [0.29, 0.717) is 0 Å². The van der Waals surface area contributed by atoms with Crippen LogP contribution in [0.2, 0.25) is 0 Å². The second-order valence-electron chi connectivity index (χ2n) is 4.25. The molecule has 0 aliphatic carbocycles. The van der Waals surface area contributed by atoms with Gasteiger partial charge in [0, 0.05) is 11.9 Å². The van der Waals surface area contributed by atoms with Gasteiger partial charge in [0.05, 0.1) is 17.4 Å². The highest BCUT2D eigenvalue weighted by Gasteiger charge is 2.01. The van der Waals surface area contributed by atoms with E-state index < -0.39 is 0 Å². The van der Waals surface area contributed by atoms with Crippen LogP contribution in [0.25, 0.3) is 10.9 Å². The summed E-state index contributed by atoms with van der Waals surface area (Å²) >= 11 is 0. The molecule has 1 heterocycles. The molecule has 3 heteroatoms. The van der Waals surface area contributed by atoms with E-state index in [2.05, 4.69) is 47.6 Å². The van der Waals surface area contributed by atoms with E-state index >= 15 is 0 Å². The minimum absolute atomic E-state index is 0.735. The average Bonchev–Trinajstić information content (AvgIpc) is 2.65. The lowest BCUT2D eigenvalue weighted by molar-refractivity contribution is 0.607. The molecule has 0 saturated heterocycles. The number of aromatic amines is 1. The van der Waals surface area contributed by atoms with Gasteiger partial charge in [-0.25, -0.2) is 0 Å². The highest BCUT2D eigenvalue weighted by molar-refractivity contribution is 5.89. The van der Waals surface area contributed by atoms with Gasteiger partial charge in [-0.15, -0.1) is 0 Å². The van der Waals surface area contributed by atoms with Crippen molar-refractivity contribution in [3.8, 4) is 0 Å². The molecule has 0 fully saturated rings. The van der Waals surface area contributed by atoms with Crippen LogP contribution in [-0.2, 0) is 0 Å². The maximum absolute atomic E-state index is 4.04. The van der Waals surface area contributed by atoms with Crippen molar-refractivity contribution in [3.05, 3.63) is 24.4 Å². The third-order valence-electron chi connectivity index (χ3n) is 2.51. The minimum Gasteiger partial charge on any atom is -0.383 e. The standard InChI is InChI=1S/C12H17N3/c1-9(2)6-7-13-11-5-3-4-10-8-14-15-12(10)11/h3-5,8-9,13H,6-7H2,1-2H3,(H,14,15). The number of nitrogens with zero attached hydrogens (tertiary/aromatic N) is 1. The molecule has 0 unspecified atom stereocenters. The van der Waals surface area contributed by atoms with Crippen LogP contribution in [0.4, 0.5) is 5.69 Å². The van der Waals surface area contributed by atoms with Crippen LogP contribution >= 0.6 is 0 Å². The predicted molar refractivity (Wildman–Crippen MR) is 64.0 cm³/mol. The average molecular weight is 203 g/mol. The van der Waals surface area contributed by atoms with Crippen LogP contribution in [0.15, 0.2) is 24.4 Å². The lowest BCUT2D eigenvalue weighted by Crippen LogP contribution is -2.04. The molecule has 0 amide bonds. The van der Waals surface area contributed by atoms with Gasteiger partial charge in [-0.1, -0.05) is 26.0 Å².